The second-order valence-electron chi connectivity index (χ2n) is 6.88. The molecular formula is C20H22FN6O2S+. The molecule has 3 aromatic rings. The number of anilines is 1. The highest BCUT2D eigenvalue weighted by atomic mass is 32.1. The van der Waals surface area contributed by atoms with Gasteiger partial charge in [-0.1, -0.05) is 0 Å². The first kappa shape index (κ1) is 20.3. The first-order valence-electron chi connectivity index (χ1n) is 9.49. The third-order valence-electron chi connectivity index (χ3n) is 4.87. The largest absolute Gasteiger partial charge is 0.457 e. The number of hydrogen-bond donors (Lipinski definition) is 1. The lowest BCUT2D eigenvalue weighted by Gasteiger charge is -2.14. The van der Waals surface area contributed by atoms with Crippen LogP contribution in [0, 0.1) is 5.82 Å². The quantitative estimate of drug-likeness (QED) is 0.645. The van der Waals surface area contributed by atoms with Crippen LogP contribution in [0.15, 0.2) is 42.0 Å². The van der Waals surface area contributed by atoms with Gasteiger partial charge in [-0.3, -0.25) is 15.1 Å². The van der Waals surface area contributed by atoms with E-state index in [4.69, 9.17) is 4.74 Å². The van der Waals surface area contributed by atoms with Gasteiger partial charge in [-0.2, -0.15) is 0 Å². The van der Waals surface area contributed by atoms with Crippen LogP contribution in [-0.2, 0) is 0 Å². The van der Waals surface area contributed by atoms with E-state index in [1.165, 1.54) is 40.5 Å². The molecular weight excluding hydrogens is 407 g/mol. The lowest BCUT2D eigenvalue weighted by atomic mass is 10.2. The van der Waals surface area contributed by atoms with E-state index in [2.05, 4.69) is 25.4 Å². The molecule has 10 heteroatoms. The minimum Gasteiger partial charge on any atom is -0.457 e. The average Bonchev–Trinajstić information content (AvgIpc) is 3.43. The smallest absolute Gasteiger partial charge is 0.287 e. The zero-order valence-corrected chi connectivity index (χ0v) is 17.4. The number of carbonyl (C=O) groups excluding carboxylic acids is 1. The summed E-state index contributed by atoms with van der Waals surface area (Å²) in [5.41, 5.74) is 4.82. The van der Waals surface area contributed by atoms with Gasteiger partial charge in [0.1, 0.15) is 17.6 Å². The maximum absolute atomic E-state index is 13.1. The normalized spacial score (nSPS) is 16.6. The predicted molar refractivity (Wildman–Crippen MR) is 111 cm³/mol. The van der Waals surface area contributed by atoms with Crippen LogP contribution >= 0.6 is 11.3 Å². The van der Waals surface area contributed by atoms with Crippen LogP contribution in [0.5, 0.6) is 5.88 Å². The second kappa shape index (κ2) is 8.82. The molecule has 0 aliphatic carbocycles. The van der Waals surface area contributed by atoms with Crippen molar-refractivity contribution in [1.29, 1.82) is 0 Å². The average molecular weight is 430 g/mol. The van der Waals surface area contributed by atoms with Crippen LogP contribution in [0.3, 0.4) is 0 Å². The van der Waals surface area contributed by atoms with Crippen molar-refractivity contribution in [3.8, 4) is 17.3 Å². The number of aromatic nitrogens is 3. The molecule has 1 fully saturated rings. The molecule has 0 radical (unpaired) electrons. The summed E-state index contributed by atoms with van der Waals surface area (Å²) in [4.78, 5) is 26.0. The Labute approximate surface area is 177 Å². The predicted octanol–water partition coefficient (Wildman–Crippen LogP) is 2.02. The summed E-state index contributed by atoms with van der Waals surface area (Å²) >= 11 is 1.33. The van der Waals surface area contributed by atoms with Crippen molar-refractivity contribution in [3.05, 3.63) is 53.4 Å². The first-order valence-corrected chi connectivity index (χ1v) is 10.4. The fraction of sp³-hybridized carbons (Fsp3) is 0.300. The van der Waals surface area contributed by atoms with Crippen molar-refractivity contribution in [2.45, 2.75) is 12.5 Å². The summed E-state index contributed by atoms with van der Waals surface area (Å²) in [5.74, 6) is -0.0233. The summed E-state index contributed by atoms with van der Waals surface area (Å²) in [6, 6.07) is 7.25. The van der Waals surface area contributed by atoms with E-state index in [0.717, 1.165) is 19.5 Å². The zero-order valence-electron chi connectivity index (χ0n) is 16.6. The van der Waals surface area contributed by atoms with Gasteiger partial charge in [0.2, 0.25) is 5.69 Å². The lowest BCUT2D eigenvalue weighted by molar-refractivity contribution is -0.400. The molecule has 1 aromatic carbocycles. The summed E-state index contributed by atoms with van der Waals surface area (Å²) in [6.07, 6.45) is 2.60. The summed E-state index contributed by atoms with van der Waals surface area (Å²) in [5, 5.41) is 4.47. The Balaban J connectivity index is 1.47. The lowest BCUT2D eigenvalue weighted by Crippen LogP contribution is -2.34. The monoisotopic (exact) mass is 429 g/mol. The van der Waals surface area contributed by atoms with Crippen LogP contribution < -0.4 is 20.0 Å². The molecule has 1 aliphatic rings. The zero-order chi connectivity index (χ0) is 21.1. The molecule has 156 valence electrons. The standard InChI is InChI=1S/C20H21FN6O2S/c1-22-27-8-7-15(10-27)29-18-9-16(23-12-24-18)17-11-30-20(25-17)26(2)19(28)13-3-5-14(21)6-4-13/h3-6,9,11-12,15,22H,7-8,10H2,1-2H3/p+1. The Bertz CT molecular complexity index is 1030. The van der Waals surface area contributed by atoms with Crippen LogP contribution in [0.25, 0.3) is 11.4 Å². The van der Waals surface area contributed by atoms with E-state index in [0.29, 0.717) is 28.0 Å². The van der Waals surface area contributed by atoms with Crippen LogP contribution in [-0.4, -0.2) is 54.2 Å². The molecule has 8 nitrogen and oxygen atoms in total. The van der Waals surface area contributed by atoms with Crippen molar-refractivity contribution in [2.24, 2.45) is 0 Å². The molecule has 2 aromatic heterocycles. The number of nitrogens with one attached hydrogen (secondary N) is 2. The van der Waals surface area contributed by atoms with Gasteiger partial charge in [0.25, 0.3) is 18.1 Å². The molecule has 4 rings (SSSR count). The number of nitrogens with zero attached hydrogens (tertiary/aromatic N) is 4. The van der Waals surface area contributed by atoms with Crippen molar-refractivity contribution in [3.63, 3.8) is 0 Å². The van der Waals surface area contributed by atoms with Gasteiger partial charge in [-0.05, 0) is 42.7 Å². The Hall–Kier alpha value is -2.95. The minimum atomic E-state index is -0.382. The number of hydrazine groups is 1. The van der Waals surface area contributed by atoms with Crippen molar-refractivity contribution >= 4 is 22.4 Å². The Kier molecular flexibility index (Phi) is 5.98. The molecule has 0 bridgehead atoms. The van der Waals surface area contributed by atoms with Crippen molar-refractivity contribution in [2.75, 3.05) is 32.1 Å². The number of H-pyrrole nitrogens is 1. The van der Waals surface area contributed by atoms with Gasteiger partial charge < -0.3 is 4.74 Å². The number of aromatic amines is 1. The van der Waals surface area contributed by atoms with Crippen LogP contribution in [0.2, 0.25) is 0 Å². The van der Waals surface area contributed by atoms with Gasteiger partial charge in [0, 0.05) is 24.5 Å². The topological polar surface area (TPSA) is 84.7 Å². The maximum Gasteiger partial charge on any atom is 0.287 e. The number of thiazole rings is 1. The molecule has 3 heterocycles. The first-order chi connectivity index (χ1) is 14.5. The number of ether oxygens (including phenoxy) is 1. The fourth-order valence-electron chi connectivity index (χ4n) is 3.19. The number of carbonyl (C=O) groups is 1. The third kappa shape index (κ3) is 4.45. The molecule has 0 saturated carbocycles. The molecule has 1 atom stereocenters. The number of benzene rings is 1. The fourth-order valence-corrected chi connectivity index (χ4v) is 3.98. The second-order valence-corrected chi connectivity index (χ2v) is 7.72. The molecule has 30 heavy (non-hydrogen) atoms. The summed E-state index contributed by atoms with van der Waals surface area (Å²) in [6.45, 7) is 1.74. The van der Waals surface area contributed by atoms with Crippen molar-refractivity contribution in [1.82, 2.24) is 20.4 Å². The van der Waals surface area contributed by atoms with Gasteiger partial charge >= 0.3 is 0 Å². The highest BCUT2D eigenvalue weighted by Gasteiger charge is 2.25. The van der Waals surface area contributed by atoms with E-state index in [1.807, 2.05) is 18.5 Å². The molecule has 0 spiro atoms. The molecule has 1 aliphatic heterocycles. The number of hydrogen-bond acceptors (Lipinski definition) is 7. The highest BCUT2D eigenvalue weighted by molar-refractivity contribution is 7.14. The SMILES string of the molecule is CNN1CCC(Oc2cc(-c3csc(N(C)C(=O)c4ccc(F)cc4)n3)nc[nH+]2)C1. The van der Waals surface area contributed by atoms with Gasteiger partial charge in [-0.15, -0.1) is 11.3 Å². The van der Waals surface area contributed by atoms with Gasteiger partial charge in [0.05, 0.1) is 12.6 Å². The van der Waals surface area contributed by atoms with E-state index < -0.39 is 0 Å². The summed E-state index contributed by atoms with van der Waals surface area (Å²) in [7, 11) is 3.54. The van der Waals surface area contributed by atoms with E-state index in [1.54, 1.807) is 13.4 Å². The van der Waals surface area contributed by atoms with E-state index in [-0.39, 0.29) is 17.8 Å². The molecule has 1 amide bonds. The summed E-state index contributed by atoms with van der Waals surface area (Å²) < 4.78 is 19.1. The Morgan fingerprint density at radius 3 is 2.90 bits per heavy atom. The van der Waals surface area contributed by atoms with Gasteiger partial charge in [-0.25, -0.2) is 19.4 Å². The van der Waals surface area contributed by atoms with E-state index in [9.17, 15) is 9.18 Å². The van der Waals surface area contributed by atoms with Crippen molar-refractivity contribution < 1.29 is 18.9 Å². The number of rotatable bonds is 6. The number of amides is 1. The number of halogens is 1. The van der Waals surface area contributed by atoms with Gasteiger partial charge in [0.15, 0.2) is 5.13 Å². The molecule has 1 unspecified atom stereocenters. The Morgan fingerprint density at radius 2 is 2.17 bits per heavy atom. The minimum absolute atomic E-state index is 0.0920. The molecule has 1 saturated heterocycles. The highest BCUT2D eigenvalue weighted by Crippen LogP contribution is 2.27. The third-order valence-corrected chi connectivity index (χ3v) is 5.79. The Morgan fingerprint density at radius 1 is 1.37 bits per heavy atom. The van der Waals surface area contributed by atoms with Crippen LogP contribution in [0.4, 0.5) is 9.52 Å². The molecule has 2 N–H and O–H groups in total. The maximum atomic E-state index is 13.1. The van der Waals surface area contributed by atoms with Crippen LogP contribution in [0.1, 0.15) is 16.8 Å². The van der Waals surface area contributed by atoms with E-state index >= 15 is 0 Å².